The lowest BCUT2D eigenvalue weighted by atomic mass is 9.89. The highest BCUT2D eigenvalue weighted by atomic mass is 32.2. The first kappa shape index (κ1) is 24.5. The van der Waals surface area contributed by atoms with Crippen LogP contribution in [0.15, 0.2) is 83.8 Å². The van der Waals surface area contributed by atoms with E-state index in [4.69, 9.17) is 4.74 Å². The van der Waals surface area contributed by atoms with Crippen molar-refractivity contribution in [1.82, 2.24) is 4.72 Å². The molecule has 7 nitrogen and oxygen atoms in total. The van der Waals surface area contributed by atoms with Crippen LogP contribution in [0.5, 0.6) is 5.75 Å². The number of rotatable bonds is 8. The van der Waals surface area contributed by atoms with Crippen LogP contribution < -0.4 is 14.8 Å². The molecule has 2 amide bonds. The Morgan fingerprint density at radius 1 is 0.857 bits per heavy atom. The van der Waals surface area contributed by atoms with E-state index >= 15 is 0 Å². The molecule has 0 heterocycles. The Morgan fingerprint density at radius 3 is 2.34 bits per heavy atom. The molecule has 35 heavy (non-hydrogen) atoms. The minimum absolute atomic E-state index is 0.0945. The van der Waals surface area contributed by atoms with Crippen molar-refractivity contribution >= 4 is 27.5 Å². The van der Waals surface area contributed by atoms with Gasteiger partial charge in [0.2, 0.25) is 5.91 Å². The number of carbonyl (C=O) groups is 2. The molecule has 1 fully saturated rings. The third-order valence-corrected chi connectivity index (χ3v) is 7.39. The number of amides is 2. The van der Waals surface area contributed by atoms with Crippen LogP contribution in [0.4, 0.5) is 5.69 Å². The molecule has 0 bridgehead atoms. The summed E-state index contributed by atoms with van der Waals surface area (Å²) in [6, 6.07) is 22.4. The molecule has 4 rings (SSSR count). The molecule has 0 radical (unpaired) electrons. The predicted octanol–water partition coefficient (Wildman–Crippen LogP) is 4.90. The molecular weight excluding hydrogens is 464 g/mol. The van der Waals surface area contributed by atoms with Gasteiger partial charge in [-0.05, 0) is 48.7 Å². The molecule has 0 spiro atoms. The minimum Gasteiger partial charge on any atom is -0.489 e. The van der Waals surface area contributed by atoms with Crippen molar-refractivity contribution in [3.8, 4) is 5.75 Å². The molecule has 0 unspecified atom stereocenters. The van der Waals surface area contributed by atoms with Gasteiger partial charge in [-0.15, -0.1) is 0 Å². The summed E-state index contributed by atoms with van der Waals surface area (Å²) in [6.07, 6.45) is 4.26. The van der Waals surface area contributed by atoms with Crippen molar-refractivity contribution < 1.29 is 22.7 Å². The Kier molecular flexibility index (Phi) is 7.82. The van der Waals surface area contributed by atoms with Crippen molar-refractivity contribution in [2.24, 2.45) is 5.92 Å². The van der Waals surface area contributed by atoms with Crippen LogP contribution in [0.2, 0.25) is 0 Å². The fourth-order valence-electron chi connectivity index (χ4n) is 4.10. The lowest BCUT2D eigenvalue weighted by Gasteiger charge is -2.21. The van der Waals surface area contributed by atoms with Gasteiger partial charge >= 0.3 is 0 Å². The standard InChI is InChI=1S/C27H28N2O5S/c30-26(22-14-9-15-23(18-22)34-19-20-10-3-1-4-11-20)28-24-16-7-8-17-25(24)35(32,33)29-27(31)21-12-5-2-6-13-21/h1,3-4,7-11,14-18,21H,2,5-6,12-13,19H2,(H,28,30)(H,29,31). The number of carbonyl (C=O) groups excluding carboxylic acids is 2. The second-order valence-electron chi connectivity index (χ2n) is 8.56. The van der Waals surface area contributed by atoms with Crippen molar-refractivity contribution in [3.05, 3.63) is 90.0 Å². The average molecular weight is 493 g/mol. The molecule has 0 aromatic heterocycles. The SMILES string of the molecule is O=C(Nc1ccccc1S(=O)(=O)NC(=O)C1CCCCC1)c1cccc(OCc2ccccc2)c1. The van der Waals surface area contributed by atoms with Crippen LogP contribution in [0.25, 0.3) is 0 Å². The summed E-state index contributed by atoms with van der Waals surface area (Å²) >= 11 is 0. The van der Waals surface area contributed by atoms with E-state index in [1.54, 1.807) is 36.4 Å². The maximum absolute atomic E-state index is 13.0. The van der Waals surface area contributed by atoms with Crippen molar-refractivity contribution in [2.75, 3.05) is 5.32 Å². The largest absolute Gasteiger partial charge is 0.489 e. The summed E-state index contributed by atoms with van der Waals surface area (Å²) in [5.74, 6) is -0.772. The highest BCUT2D eigenvalue weighted by molar-refractivity contribution is 7.90. The smallest absolute Gasteiger partial charge is 0.266 e. The molecule has 1 aliphatic carbocycles. The Balaban J connectivity index is 1.46. The van der Waals surface area contributed by atoms with Gasteiger partial charge in [0.15, 0.2) is 0 Å². The fraction of sp³-hybridized carbons (Fsp3) is 0.259. The zero-order valence-corrected chi connectivity index (χ0v) is 20.1. The lowest BCUT2D eigenvalue weighted by molar-refractivity contribution is -0.124. The zero-order valence-electron chi connectivity index (χ0n) is 19.3. The first-order valence-electron chi connectivity index (χ1n) is 11.7. The van der Waals surface area contributed by atoms with Gasteiger partial charge in [-0.3, -0.25) is 9.59 Å². The van der Waals surface area contributed by atoms with Gasteiger partial charge in [0.1, 0.15) is 17.3 Å². The van der Waals surface area contributed by atoms with Gasteiger partial charge in [-0.2, -0.15) is 0 Å². The monoisotopic (exact) mass is 492 g/mol. The molecule has 2 N–H and O–H groups in total. The van der Waals surface area contributed by atoms with E-state index in [1.807, 2.05) is 30.3 Å². The van der Waals surface area contributed by atoms with Crippen LogP contribution in [0.1, 0.15) is 48.0 Å². The zero-order chi connectivity index (χ0) is 24.7. The summed E-state index contributed by atoms with van der Waals surface area (Å²) in [5.41, 5.74) is 1.41. The highest BCUT2D eigenvalue weighted by Gasteiger charge is 2.27. The first-order valence-corrected chi connectivity index (χ1v) is 13.1. The van der Waals surface area contributed by atoms with Gasteiger partial charge in [-0.25, -0.2) is 13.1 Å². The van der Waals surface area contributed by atoms with E-state index < -0.39 is 21.8 Å². The summed E-state index contributed by atoms with van der Waals surface area (Å²) in [4.78, 5) is 25.3. The van der Waals surface area contributed by atoms with Crippen LogP contribution in [0, 0.1) is 5.92 Å². The normalized spacial score (nSPS) is 14.2. The van der Waals surface area contributed by atoms with Gasteiger partial charge in [-0.1, -0.05) is 67.8 Å². The van der Waals surface area contributed by atoms with Gasteiger partial charge in [0, 0.05) is 11.5 Å². The van der Waals surface area contributed by atoms with Crippen LogP contribution in [0.3, 0.4) is 0 Å². The number of ether oxygens (including phenoxy) is 1. The van der Waals surface area contributed by atoms with E-state index in [1.165, 1.54) is 12.1 Å². The second-order valence-corrected chi connectivity index (χ2v) is 10.2. The number of para-hydroxylation sites is 1. The minimum atomic E-state index is -4.15. The van der Waals surface area contributed by atoms with Gasteiger partial charge in [0.25, 0.3) is 15.9 Å². The summed E-state index contributed by atoms with van der Waals surface area (Å²) in [7, 11) is -4.15. The van der Waals surface area contributed by atoms with Crippen molar-refractivity contribution in [2.45, 2.75) is 43.6 Å². The van der Waals surface area contributed by atoms with Gasteiger partial charge in [0.05, 0.1) is 5.69 Å². The van der Waals surface area contributed by atoms with E-state index in [2.05, 4.69) is 10.0 Å². The summed E-state index contributed by atoms with van der Waals surface area (Å²) in [6.45, 7) is 0.355. The number of sulfonamides is 1. The maximum Gasteiger partial charge on any atom is 0.266 e. The van der Waals surface area contributed by atoms with E-state index in [0.717, 1.165) is 24.8 Å². The van der Waals surface area contributed by atoms with Crippen LogP contribution >= 0.6 is 0 Å². The molecule has 1 saturated carbocycles. The number of hydrogen-bond acceptors (Lipinski definition) is 5. The van der Waals surface area contributed by atoms with Crippen molar-refractivity contribution in [1.29, 1.82) is 0 Å². The molecule has 0 aliphatic heterocycles. The Labute approximate surface area is 205 Å². The number of nitrogens with one attached hydrogen (secondary N) is 2. The molecule has 1 aliphatic rings. The third-order valence-electron chi connectivity index (χ3n) is 5.98. The number of anilines is 1. The van der Waals surface area contributed by atoms with E-state index in [-0.39, 0.29) is 16.5 Å². The first-order chi connectivity index (χ1) is 16.9. The highest BCUT2D eigenvalue weighted by Crippen LogP contribution is 2.26. The molecule has 0 saturated heterocycles. The Bertz CT molecular complexity index is 1290. The molecule has 182 valence electrons. The lowest BCUT2D eigenvalue weighted by Crippen LogP contribution is -2.36. The molecule has 8 heteroatoms. The Hall–Kier alpha value is -3.65. The molecule has 3 aromatic rings. The van der Waals surface area contributed by atoms with Crippen molar-refractivity contribution in [3.63, 3.8) is 0 Å². The van der Waals surface area contributed by atoms with Crippen LogP contribution in [-0.4, -0.2) is 20.2 Å². The average Bonchev–Trinajstić information content (AvgIpc) is 2.89. The summed E-state index contributed by atoms with van der Waals surface area (Å²) < 4.78 is 34.0. The van der Waals surface area contributed by atoms with E-state index in [0.29, 0.717) is 30.8 Å². The predicted molar refractivity (Wildman–Crippen MR) is 134 cm³/mol. The second kappa shape index (κ2) is 11.2. The quantitative estimate of drug-likeness (QED) is 0.466. The number of hydrogen-bond donors (Lipinski definition) is 2. The maximum atomic E-state index is 13.0. The Morgan fingerprint density at radius 2 is 1.57 bits per heavy atom. The molecule has 0 atom stereocenters. The van der Waals surface area contributed by atoms with Crippen LogP contribution in [-0.2, 0) is 21.4 Å². The number of benzene rings is 3. The molecule has 3 aromatic carbocycles. The van der Waals surface area contributed by atoms with E-state index in [9.17, 15) is 18.0 Å². The topological polar surface area (TPSA) is 102 Å². The van der Waals surface area contributed by atoms with Gasteiger partial charge < -0.3 is 10.1 Å². The third kappa shape index (κ3) is 6.48. The molecular formula is C27H28N2O5S. The fourth-order valence-corrected chi connectivity index (χ4v) is 5.31. The summed E-state index contributed by atoms with van der Waals surface area (Å²) in [5, 5.41) is 2.66.